The summed E-state index contributed by atoms with van der Waals surface area (Å²) in [6.45, 7) is 4.09. The molecule has 0 aromatic carbocycles. The number of phosphoric ester groups is 1. The van der Waals surface area contributed by atoms with E-state index in [9.17, 15) is 14.5 Å². The Morgan fingerprint density at radius 3 is 1.17 bits per heavy atom. The predicted octanol–water partition coefficient (Wildman–Crippen LogP) is 13.6. The van der Waals surface area contributed by atoms with Crippen LogP contribution in [0.4, 0.5) is 0 Å². The van der Waals surface area contributed by atoms with Crippen molar-refractivity contribution in [3.8, 4) is 0 Å². The van der Waals surface area contributed by atoms with Crippen molar-refractivity contribution >= 4 is 13.7 Å². The van der Waals surface area contributed by atoms with Gasteiger partial charge in [-0.15, -0.1) is 0 Å². The molecule has 2 atom stereocenters. The number of aliphatic hydroxyl groups excluding tert-OH is 1. The summed E-state index contributed by atoms with van der Waals surface area (Å²) in [7, 11) is -4.71. The number of rotatable bonds is 42. The van der Waals surface area contributed by atoms with Crippen molar-refractivity contribution in [1.29, 1.82) is 0 Å². The highest BCUT2D eigenvalue weighted by molar-refractivity contribution is 7.46. The first-order chi connectivity index (χ1) is 25.3. The number of hydrogen-bond acceptors (Lipinski definition) is 4. The molecule has 2 unspecified atom stereocenters. The number of carbonyl (C=O) groups excluding carboxylic acids is 1. The third-order valence-corrected chi connectivity index (χ3v) is 11.0. The van der Waals surface area contributed by atoms with Crippen LogP contribution >= 0.6 is 7.82 Å². The summed E-state index contributed by atoms with van der Waals surface area (Å²) >= 11 is 0. The summed E-state index contributed by atoms with van der Waals surface area (Å²) in [5.74, 6) is -0.222. The van der Waals surface area contributed by atoms with Crippen molar-refractivity contribution in [2.45, 2.75) is 257 Å². The normalized spacial score (nSPS) is 13.2. The lowest BCUT2D eigenvalue weighted by atomic mass is 10.0. The molecule has 0 rings (SSSR count). The second-order valence-corrected chi connectivity index (χ2v) is 17.0. The fourth-order valence-corrected chi connectivity index (χ4v) is 7.40. The molecule has 310 valence electrons. The Morgan fingerprint density at radius 1 is 0.538 bits per heavy atom. The number of amides is 1. The van der Waals surface area contributed by atoms with Crippen LogP contribution in [-0.2, 0) is 13.9 Å². The Hall–Kier alpha value is -0.720. The van der Waals surface area contributed by atoms with Crippen LogP contribution in [0.3, 0.4) is 0 Å². The van der Waals surface area contributed by atoms with Gasteiger partial charge in [-0.2, -0.15) is 0 Å². The van der Waals surface area contributed by atoms with Crippen molar-refractivity contribution in [3.63, 3.8) is 0 Å². The van der Waals surface area contributed by atoms with Gasteiger partial charge in [-0.05, 0) is 19.3 Å². The molecule has 0 aliphatic heterocycles. The number of carbonyl (C=O) groups is 1. The fraction of sp³-hybridized carbons (Fsp3) is 0.932. The van der Waals surface area contributed by atoms with Crippen LogP contribution in [0.25, 0.3) is 0 Å². The molecule has 0 bridgehead atoms. The minimum Gasteiger partial charge on any atom is -0.387 e. The zero-order valence-electron chi connectivity index (χ0n) is 34.5. The molecule has 0 saturated carbocycles. The van der Waals surface area contributed by atoms with Crippen LogP contribution in [0.2, 0.25) is 0 Å². The van der Waals surface area contributed by atoms with Crippen molar-refractivity contribution < 1.29 is 28.8 Å². The SMILES string of the molecule is CCCCCCCCCCCCCC=CC(O)C(COP(=O)(O)O)NC(=O)CCCCCCCCCCCCCCCCCCCCCCCCC. The third-order valence-electron chi connectivity index (χ3n) is 10.5. The van der Waals surface area contributed by atoms with Crippen molar-refractivity contribution in [1.82, 2.24) is 5.32 Å². The first-order valence-electron chi connectivity index (χ1n) is 22.6. The van der Waals surface area contributed by atoms with Gasteiger partial charge in [0.1, 0.15) is 0 Å². The summed E-state index contributed by atoms with van der Waals surface area (Å²) < 4.78 is 15.9. The number of aliphatic hydroxyl groups is 1. The van der Waals surface area contributed by atoms with E-state index in [0.29, 0.717) is 6.42 Å². The Bertz CT molecular complexity index is 819. The Labute approximate surface area is 322 Å². The highest BCUT2D eigenvalue weighted by Crippen LogP contribution is 2.35. The smallest absolute Gasteiger partial charge is 0.387 e. The number of hydrogen-bond donors (Lipinski definition) is 4. The maximum absolute atomic E-state index is 12.6. The molecule has 4 N–H and O–H groups in total. The number of unbranched alkanes of at least 4 members (excludes halogenated alkanes) is 33. The van der Waals surface area contributed by atoms with Crippen molar-refractivity contribution in [3.05, 3.63) is 12.2 Å². The predicted molar refractivity (Wildman–Crippen MR) is 223 cm³/mol. The second-order valence-electron chi connectivity index (χ2n) is 15.7. The molecule has 0 radical (unpaired) electrons. The molecule has 52 heavy (non-hydrogen) atoms. The maximum Gasteiger partial charge on any atom is 0.469 e. The van der Waals surface area contributed by atoms with E-state index in [4.69, 9.17) is 9.79 Å². The van der Waals surface area contributed by atoms with Gasteiger partial charge >= 0.3 is 7.82 Å². The number of phosphoric acid groups is 1. The van der Waals surface area contributed by atoms with E-state index in [-0.39, 0.29) is 5.91 Å². The van der Waals surface area contributed by atoms with Gasteiger partial charge in [-0.3, -0.25) is 9.32 Å². The van der Waals surface area contributed by atoms with Crippen LogP contribution in [0.1, 0.15) is 245 Å². The summed E-state index contributed by atoms with van der Waals surface area (Å²) in [5.41, 5.74) is 0. The summed E-state index contributed by atoms with van der Waals surface area (Å²) in [5, 5.41) is 13.4. The molecule has 0 fully saturated rings. The average Bonchev–Trinajstić information content (AvgIpc) is 3.11. The molecule has 1 amide bonds. The average molecular weight is 758 g/mol. The highest BCUT2D eigenvalue weighted by atomic mass is 31.2. The first kappa shape index (κ1) is 51.3. The lowest BCUT2D eigenvalue weighted by Gasteiger charge is -2.22. The quantitative estimate of drug-likeness (QED) is 0.0280. The number of allylic oxidation sites excluding steroid dienone is 1. The molecule has 0 heterocycles. The summed E-state index contributed by atoms with van der Waals surface area (Å²) in [6.07, 6.45) is 48.2. The number of nitrogens with one attached hydrogen (secondary N) is 1. The molecule has 0 aliphatic carbocycles. The van der Waals surface area contributed by atoms with Gasteiger partial charge in [-0.1, -0.05) is 231 Å². The van der Waals surface area contributed by atoms with E-state index in [1.807, 2.05) is 6.08 Å². The molecule has 0 aliphatic rings. The minimum absolute atomic E-state index is 0.222. The first-order valence-corrected chi connectivity index (χ1v) is 24.2. The van der Waals surface area contributed by atoms with Crippen molar-refractivity contribution in [2.75, 3.05) is 6.61 Å². The van der Waals surface area contributed by atoms with Gasteiger partial charge in [0.25, 0.3) is 0 Å². The molecule has 8 heteroatoms. The monoisotopic (exact) mass is 758 g/mol. The lowest BCUT2D eigenvalue weighted by molar-refractivity contribution is -0.123. The Morgan fingerprint density at radius 2 is 0.846 bits per heavy atom. The third kappa shape index (κ3) is 40.5. The van der Waals surface area contributed by atoms with E-state index in [1.54, 1.807) is 6.08 Å². The van der Waals surface area contributed by atoms with E-state index >= 15 is 0 Å². The topological polar surface area (TPSA) is 116 Å². The van der Waals surface area contributed by atoms with Crippen LogP contribution in [0.5, 0.6) is 0 Å². The van der Waals surface area contributed by atoms with E-state index < -0.39 is 26.6 Å². The zero-order chi connectivity index (χ0) is 38.2. The molecule has 0 aromatic heterocycles. The van der Waals surface area contributed by atoms with Crippen molar-refractivity contribution in [2.24, 2.45) is 0 Å². The van der Waals surface area contributed by atoms with Crippen LogP contribution in [0, 0.1) is 0 Å². The molecule has 0 spiro atoms. The summed E-state index contributed by atoms with van der Waals surface area (Å²) in [6, 6.07) is -0.904. The molecular formula is C44H88NO6P. The molecule has 0 aromatic rings. The highest BCUT2D eigenvalue weighted by Gasteiger charge is 2.24. The van der Waals surface area contributed by atoms with Gasteiger partial charge in [0, 0.05) is 6.42 Å². The second kappa shape index (κ2) is 40.0. The Balaban J connectivity index is 3.82. The molecule has 7 nitrogen and oxygen atoms in total. The fourth-order valence-electron chi connectivity index (χ4n) is 7.05. The van der Waals surface area contributed by atoms with Gasteiger partial charge in [0.2, 0.25) is 5.91 Å². The summed E-state index contributed by atoms with van der Waals surface area (Å²) in [4.78, 5) is 30.9. The van der Waals surface area contributed by atoms with Gasteiger partial charge in [0.15, 0.2) is 0 Å². The van der Waals surface area contributed by atoms with Crippen LogP contribution in [0.15, 0.2) is 12.2 Å². The van der Waals surface area contributed by atoms with E-state index in [2.05, 4.69) is 23.7 Å². The lowest BCUT2D eigenvalue weighted by Crippen LogP contribution is -2.45. The van der Waals surface area contributed by atoms with E-state index in [0.717, 1.165) is 38.5 Å². The van der Waals surface area contributed by atoms with Crippen LogP contribution < -0.4 is 5.32 Å². The Kier molecular flexibility index (Phi) is 39.4. The van der Waals surface area contributed by atoms with Crippen LogP contribution in [-0.4, -0.2) is 39.6 Å². The zero-order valence-corrected chi connectivity index (χ0v) is 35.4. The van der Waals surface area contributed by atoms with Gasteiger partial charge in [-0.25, -0.2) is 4.57 Å². The largest absolute Gasteiger partial charge is 0.469 e. The molecule has 0 saturated heterocycles. The van der Waals surface area contributed by atoms with E-state index in [1.165, 1.54) is 186 Å². The maximum atomic E-state index is 12.6. The molecular weight excluding hydrogens is 669 g/mol. The minimum atomic E-state index is -4.71. The van der Waals surface area contributed by atoms with Gasteiger partial charge in [0.05, 0.1) is 18.8 Å². The van der Waals surface area contributed by atoms with Gasteiger partial charge < -0.3 is 20.2 Å². The standard InChI is InChI=1S/C44H88NO6P/c1-3-5-7-9-11-13-15-17-18-19-20-21-22-23-24-25-26-28-30-32-34-36-38-40-44(47)45-42(41-51-52(48,49)50)43(46)39-37-35-33-31-29-27-16-14-12-10-8-6-4-2/h37,39,42-43,46H,3-36,38,40-41H2,1-2H3,(H,45,47)(H2,48,49,50).